The molecule has 18 heavy (non-hydrogen) atoms. The molecule has 2 aromatic rings. The second-order valence-electron chi connectivity index (χ2n) is 5.51. The molecule has 0 saturated heterocycles. The van der Waals surface area contributed by atoms with E-state index in [2.05, 4.69) is 62.5 Å². The first-order valence-corrected chi connectivity index (χ1v) is 6.84. The first-order valence-electron chi connectivity index (χ1n) is 6.30. The van der Waals surface area contributed by atoms with Crippen molar-refractivity contribution >= 4 is 22.4 Å². The fourth-order valence-corrected chi connectivity index (χ4v) is 2.34. The van der Waals surface area contributed by atoms with Gasteiger partial charge in [-0.1, -0.05) is 55.8 Å². The number of alkyl halides is 1. The van der Waals surface area contributed by atoms with Gasteiger partial charge in [-0.05, 0) is 23.3 Å². The SMILES string of the molecule is Cc1ccc2cc(C(C)(C)CNCCl)ccc2c1. The number of rotatable bonds is 4. The zero-order chi connectivity index (χ0) is 13.2. The van der Waals surface area contributed by atoms with Gasteiger partial charge in [0.2, 0.25) is 0 Å². The fourth-order valence-electron chi connectivity index (χ4n) is 2.25. The maximum atomic E-state index is 5.70. The van der Waals surface area contributed by atoms with Crippen molar-refractivity contribution in [1.82, 2.24) is 5.32 Å². The summed E-state index contributed by atoms with van der Waals surface area (Å²) in [5.74, 6) is 0. The smallest absolute Gasteiger partial charge is 0.0713 e. The zero-order valence-corrected chi connectivity index (χ0v) is 12.0. The Balaban J connectivity index is 2.37. The summed E-state index contributed by atoms with van der Waals surface area (Å²) in [5.41, 5.74) is 2.74. The van der Waals surface area contributed by atoms with Crippen LogP contribution in [0.4, 0.5) is 0 Å². The molecular weight excluding hydrogens is 242 g/mol. The third-order valence-corrected chi connectivity index (χ3v) is 3.63. The highest BCUT2D eigenvalue weighted by atomic mass is 35.5. The van der Waals surface area contributed by atoms with Gasteiger partial charge in [0.15, 0.2) is 0 Å². The lowest BCUT2D eigenvalue weighted by atomic mass is 9.83. The molecule has 0 aliphatic heterocycles. The second-order valence-corrected chi connectivity index (χ2v) is 5.78. The average molecular weight is 262 g/mol. The van der Waals surface area contributed by atoms with E-state index in [-0.39, 0.29) is 5.41 Å². The molecule has 2 rings (SSSR count). The molecule has 0 heterocycles. The van der Waals surface area contributed by atoms with Crippen LogP contribution >= 0.6 is 11.6 Å². The molecule has 0 atom stereocenters. The van der Waals surface area contributed by atoms with Crippen molar-refractivity contribution in [1.29, 1.82) is 0 Å². The van der Waals surface area contributed by atoms with E-state index in [9.17, 15) is 0 Å². The standard InChI is InChI=1S/C16H20ClN/c1-12-4-5-14-9-15(7-6-13(14)8-12)16(2,3)10-18-11-17/h4-9,18H,10-11H2,1-3H3. The topological polar surface area (TPSA) is 12.0 Å². The average Bonchev–Trinajstić information content (AvgIpc) is 2.35. The summed E-state index contributed by atoms with van der Waals surface area (Å²) < 4.78 is 0. The Kier molecular flexibility index (Phi) is 3.94. The lowest BCUT2D eigenvalue weighted by Crippen LogP contribution is -2.32. The first kappa shape index (κ1) is 13.4. The second kappa shape index (κ2) is 5.29. The lowest BCUT2D eigenvalue weighted by Gasteiger charge is -2.25. The van der Waals surface area contributed by atoms with Gasteiger partial charge in [0.1, 0.15) is 0 Å². The van der Waals surface area contributed by atoms with Crippen LogP contribution in [0.1, 0.15) is 25.0 Å². The Hall–Kier alpha value is -1.05. The quantitative estimate of drug-likeness (QED) is 0.642. The van der Waals surface area contributed by atoms with Crippen molar-refractivity contribution in [3.8, 4) is 0 Å². The number of halogens is 1. The van der Waals surface area contributed by atoms with Gasteiger partial charge in [-0.2, -0.15) is 0 Å². The summed E-state index contributed by atoms with van der Waals surface area (Å²) in [5, 5.41) is 5.82. The molecule has 1 N–H and O–H groups in total. The Bertz CT molecular complexity index is 546. The van der Waals surface area contributed by atoms with Crippen molar-refractivity contribution in [2.75, 3.05) is 12.5 Å². The summed E-state index contributed by atoms with van der Waals surface area (Å²) in [7, 11) is 0. The molecule has 0 aromatic heterocycles. The zero-order valence-electron chi connectivity index (χ0n) is 11.3. The Labute approximate surface area is 114 Å². The minimum Gasteiger partial charge on any atom is -0.303 e. The number of aryl methyl sites for hydroxylation is 1. The van der Waals surface area contributed by atoms with Gasteiger partial charge in [-0.3, -0.25) is 0 Å². The predicted molar refractivity (Wildman–Crippen MR) is 80.4 cm³/mol. The van der Waals surface area contributed by atoms with E-state index in [1.54, 1.807) is 0 Å². The molecule has 0 radical (unpaired) electrons. The van der Waals surface area contributed by atoms with E-state index in [0.717, 1.165) is 6.54 Å². The maximum Gasteiger partial charge on any atom is 0.0713 e. The van der Waals surface area contributed by atoms with Crippen LogP contribution in [-0.2, 0) is 5.41 Å². The van der Waals surface area contributed by atoms with Gasteiger partial charge in [-0.25, -0.2) is 0 Å². The summed E-state index contributed by atoms with van der Waals surface area (Å²) in [4.78, 5) is 0. The van der Waals surface area contributed by atoms with E-state index in [1.165, 1.54) is 21.9 Å². The molecule has 2 heteroatoms. The Morgan fingerprint density at radius 1 is 1.06 bits per heavy atom. The molecule has 0 aliphatic rings. The molecule has 0 bridgehead atoms. The molecule has 0 amide bonds. The van der Waals surface area contributed by atoms with Crippen molar-refractivity contribution in [2.45, 2.75) is 26.2 Å². The minimum atomic E-state index is 0.0912. The van der Waals surface area contributed by atoms with Crippen LogP contribution in [-0.4, -0.2) is 12.5 Å². The molecule has 0 spiro atoms. The number of fused-ring (bicyclic) bond motifs is 1. The molecule has 0 aliphatic carbocycles. The van der Waals surface area contributed by atoms with Gasteiger partial charge in [-0.15, -0.1) is 11.6 Å². The molecule has 0 saturated carbocycles. The third kappa shape index (κ3) is 2.85. The third-order valence-electron chi connectivity index (χ3n) is 3.44. The number of hydrogen-bond acceptors (Lipinski definition) is 1. The number of hydrogen-bond donors (Lipinski definition) is 1. The fraction of sp³-hybridized carbons (Fsp3) is 0.375. The lowest BCUT2D eigenvalue weighted by molar-refractivity contribution is 0.489. The van der Waals surface area contributed by atoms with Crippen molar-refractivity contribution in [3.05, 3.63) is 47.5 Å². The van der Waals surface area contributed by atoms with Crippen LogP contribution in [0.2, 0.25) is 0 Å². The normalized spacial score (nSPS) is 12.0. The van der Waals surface area contributed by atoms with Crippen LogP contribution in [0.25, 0.3) is 10.8 Å². The van der Waals surface area contributed by atoms with E-state index in [4.69, 9.17) is 11.6 Å². The van der Waals surface area contributed by atoms with Crippen LogP contribution < -0.4 is 5.32 Å². The van der Waals surface area contributed by atoms with Crippen LogP contribution in [0.15, 0.2) is 36.4 Å². The highest BCUT2D eigenvalue weighted by Crippen LogP contribution is 2.26. The van der Waals surface area contributed by atoms with E-state index in [1.807, 2.05) is 0 Å². The molecule has 0 fully saturated rings. The number of benzene rings is 2. The molecule has 96 valence electrons. The Morgan fingerprint density at radius 2 is 1.72 bits per heavy atom. The monoisotopic (exact) mass is 261 g/mol. The molecular formula is C16H20ClN. The van der Waals surface area contributed by atoms with Crippen molar-refractivity contribution < 1.29 is 0 Å². The van der Waals surface area contributed by atoms with E-state index in [0.29, 0.717) is 6.00 Å². The van der Waals surface area contributed by atoms with E-state index < -0.39 is 0 Å². The molecule has 0 unspecified atom stereocenters. The van der Waals surface area contributed by atoms with Gasteiger partial charge in [0.05, 0.1) is 6.00 Å². The van der Waals surface area contributed by atoms with Gasteiger partial charge >= 0.3 is 0 Å². The van der Waals surface area contributed by atoms with Gasteiger partial charge < -0.3 is 5.32 Å². The largest absolute Gasteiger partial charge is 0.303 e. The Morgan fingerprint density at radius 3 is 2.44 bits per heavy atom. The van der Waals surface area contributed by atoms with Gasteiger partial charge in [0, 0.05) is 12.0 Å². The summed E-state index contributed by atoms with van der Waals surface area (Å²) in [6.07, 6.45) is 0. The van der Waals surface area contributed by atoms with Crippen molar-refractivity contribution in [2.24, 2.45) is 0 Å². The highest BCUT2D eigenvalue weighted by Gasteiger charge is 2.20. The van der Waals surface area contributed by atoms with Crippen LogP contribution in [0.3, 0.4) is 0 Å². The van der Waals surface area contributed by atoms with E-state index >= 15 is 0 Å². The minimum absolute atomic E-state index is 0.0912. The molecule has 1 nitrogen and oxygen atoms in total. The van der Waals surface area contributed by atoms with Crippen LogP contribution in [0.5, 0.6) is 0 Å². The van der Waals surface area contributed by atoms with Crippen molar-refractivity contribution in [3.63, 3.8) is 0 Å². The number of nitrogens with one attached hydrogen (secondary N) is 1. The highest BCUT2D eigenvalue weighted by molar-refractivity contribution is 6.17. The summed E-state index contributed by atoms with van der Waals surface area (Å²) in [6.45, 7) is 7.49. The molecule has 2 aromatic carbocycles. The first-order chi connectivity index (χ1) is 8.53. The predicted octanol–water partition coefficient (Wildman–Crippen LogP) is 4.21. The van der Waals surface area contributed by atoms with Gasteiger partial charge in [0.25, 0.3) is 0 Å². The summed E-state index contributed by atoms with van der Waals surface area (Å²) in [6, 6.07) is 13.8. The summed E-state index contributed by atoms with van der Waals surface area (Å²) >= 11 is 5.70. The van der Waals surface area contributed by atoms with Crippen LogP contribution in [0, 0.1) is 6.92 Å². The maximum absolute atomic E-state index is 5.70.